The van der Waals surface area contributed by atoms with Gasteiger partial charge in [-0.3, -0.25) is 0 Å². The average molecular weight is 285 g/mol. The smallest absolute Gasteiger partial charge is 0.147 e. The van der Waals surface area contributed by atoms with Crippen molar-refractivity contribution in [1.29, 1.82) is 0 Å². The molecule has 1 aromatic carbocycles. The molecule has 5 heteroatoms. The van der Waals surface area contributed by atoms with Gasteiger partial charge in [-0.05, 0) is 18.5 Å². The molecule has 0 spiro atoms. The monoisotopic (exact) mass is 285 g/mol. The number of sulfone groups is 1. The quantitative estimate of drug-likeness (QED) is 0.791. The van der Waals surface area contributed by atoms with Crippen LogP contribution in [0.4, 0.5) is 0 Å². The van der Waals surface area contributed by atoms with Gasteiger partial charge in [-0.25, -0.2) is 8.42 Å². The minimum Gasteiger partial charge on any atom is -0.375 e. The first-order valence-electron chi connectivity index (χ1n) is 6.46. The molecule has 0 aliphatic rings. The summed E-state index contributed by atoms with van der Waals surface area (Å²) < 4.78 is 28.2. The first-order chi connectivity index (χ1) is 8.98. The first kappa shape index (κ1) is 16.1. The van der Waals surface area contributed by atoms with Gasteiger partial charge in [0.05, 0.1) is 11.9 Å². The summed E-state index contributed by atoms with van der Waals surface area (Å²) in [5.41, 5.74) is 1.06. The molecule has 0 bridgehead atoms. The van der Waals surface area contributed by atoms with Gasteiger partial charge in [-0.2, -0.15) is 0 Å². The summed E-state index contributed by atoms with van der Waals surface area (Å²) in [5.74, 6) is 0.164. The van der Waals surface area contributed by atoms with Gasteiger partial charge in [0.2, 0.25) is 0 Å². The molecule has 0 fully saturated rings. The zero-order chi connectivity index (χ0) is 14.3. The summed E-state index contributed by atoms with van der Waals surface area (Å²) in [4.78, 5) is 0. The molecule has 0 aliphatic carbocycles. The number of hydrogen-bond donors (Lipinski definition) is 1. The molecule has 1 rings (SSSR count). The molecule has 2 unspecified atom stereocenters. The lowest BCUT2D eigenvalue weighted by Crippen LogP contribution is -2.37. The Kier molecular flexibility index (Phi) is 6.48. The number of benzene rings is 1. The van der Waals surface area contributed by atoms with Crippen LogP contribution in [0, 0.1) is 0 Å². The molecule has 0 saturated heterocycles. The second kappa shape index (κ2) is 7.62. The lowest BCUT2D eigenvalue weighted by atomic mass is 10.00. The fourth-order valence-corrected chi connectivity index (χ4v) is 2.82. The molecule has 108 valence electrons. The lowest BCUT2D eigenvalue weighted by Gasteiger charge is -2.27. The number of methoxy groups -OCH3 is 1. The molecule has 0 saturated carbocycles. The van der Waals surface area contributed by atoms with E-state index in [1.165, 1.54) is 6.26 Å². The largest absolute Gasteiger partial charge is 0.375 e. The predicted octanol–water partition coefficient (Wildman–Crippen LogP) is 1.79. The van der Waals surface area contributed by atoms with Crippen molar-refractivity contribution in [1.82, 2.24) is 5.32 Å². The third kappa shape index (κ3) is 5.72. The van der Waals surface area contributed by atoms with Crippen LogP contribution < -0.4 is 5.32 Å². The fourth-order valence-electron chi connectivity index (χ4n) is 2.14. The second-order valence-corrected chi connectivity index (χ2v) is 6.91. The van der Waals surface area contributed by atoms with E-state index in [4.69, 9.17) is 4.74 Å². The number of nitrogens with one attached hydrogen (secondary N) is 1. The SMILES string of the molecule is CCNC(CCS(C)(=O)=O)C(OC)c1ccccc1. The molecule has 19 heavy (non-hydrogen) atoms. The topological polar surface area (TPSA) is 55.4 Å². The van der Waals surface area contributed by atoms with Gasteiger partial charge in [-0.1, -0.05) is 37.3 Å². The Labute approximate surface area is 116 Å². The van der Waals surface area contributed by atoms with Crippen LogP contribution in [0.25, 0.3) is 0 Å². The van der Waals surface area contributed by atoms with E-state index in [1.807, 2.05) is 37.3 Å². The number of ether oxygens (including phenoxy) is 1. The second-order valence-electron chi connectivity index (χ2n) is 4.65. The Morgan fingerprint density at radius 3 is 2.37 bits per heavy atom. The van der Waals surface area contributed by atoms with Crippen molar-refractivity contribution in [2.75, 3.05) is 25.7 Å². The molecule has 0 aliphatic heterocycles. The molecular weight excluding hydrogens is 262 g/mol. The van der Waals surface area contributed by atoms with Crippen LogP contribution >= 0.6 is 0 Å². The normalized spacial score (nSPS) is 15.1. The Morgan fingerprint density at radius 1 is 1.26 bits per heavy atom. The summed E-state index contributed by atoms with van der Waals surface area (Å²) in [6.07, 6.45) is 1.67. The maximum absolute atomic E-state index is 11.3. The highest BCUT2D eigenvalue weighted by atomic mass is 32.2. The first-order valence-corrected chi connectivity index (χ1v) is 8.52. The minimum absolute atomic E-state index is 0.00729. The Morgan fingerprint density at radius 2 is 1.89 bits per heavy atom. The lowest BCUT2D eigenvalue weighted by molar-refractivity contribution is 0.0673. The zero-order valence-corrected chi connectivity index (χ0v) is 12.6. The summed E-state index contributed by atoms with van der Waals surface area (Å²) in [6, 6.07) is 9.86. The summed E-state index contributed by atoms with van der Waals surface area (Å²) in [6.45, 7) is 2.78. The highest BCUT2D eigenvalue weighted by Crippen LogP contribution is 2.22. The summed E-state index contributed by atoms with van der Waals surface area (Å²) >= 11 is 0. The van der Waals surface area contributed by atoms with E-state index >= 15 is 0 Å². The molecule has 4 nitrogen and oxygen atoms in total. The molecule has 1 aromatic rings. The molecule has 0 aromatic heterocycles. The molecule has 0 heterocycles. The van der Waals surface area contributed by atoms with Gasteiger partial charge in [0.25, 0.3) is 0 Å². The number of rotatable bonds is 8. The third-order valence-electron chi connectivity index (χ3n) is 3.01. The van der Waals surface area contributed by atoms with Crippen LogP contribution in [-0.4, -0.2) is 40.1 Å². The Balaban J connectivity index is 2.83. The highest BCUT2D eigenvalue weighted by molar-refractivity contribution is 7.90. The standard InChI is InChI=1S/C14H23NO3S/c1-4-15-13(10-11-19(3,16)17)14(18-2)12-8-6-5-7-9-12/h5-9,13-15H,4,10-11H2,1-3H3. The van der Waals surface area contributed by atoms with Crippen LogP contribution in [-0.2, 0) is 14.6 Å². The van der Waals surface area contributed by atoms with E-state index < -0.39 is 9.84 Å². The summed E-state index contributed by atoms with van der Waals surface area (Å²) in [5, 5.41) is 3.32. The molecule has 2 atom stereocenters. The zero-order valence-electron chi connectivity index (χ0n) is 11.8. The van der Waals surface area contributed by atoms with Gasteiger partial charge in [-0.15, -0.1) is 0 Å². The maximum atomic E-state index is 11.3. The van der Waals surface area contributed by atoms with Crippen LogP contribution in [0.1, 0.15) is 25.0 Å². The van der Waals surface area contributed by atoms with Crippen molar-refractivity contribution in [3.05, 3.63) is 35.9 Å². The summed E-state index contributed by atoms with van der Waals surface area (Å²) in [7, 11) is -1.30. The third-order valence-corrected chi connectivity index (χ3v) is 3.99. The molecule has 0 radical (unpaired) electrons. The van der Waals surface area contributed by atoms with Crippen LogP contribution in [0.5, 0.6) is 0 Å². The van der Waals surface area contributed by atoms with Crippen LogP contribution in [0.15, 0.2) is 30.3 Å². The highest BCUT2D eigenvalue weighted by Gasteiger charge is 2.23. The van der Waals surface area contributed by atoms with Gasteiger partial charge in [0, 0.05) is 19.4 Å². The Hall–Kier alpha value is -0.910. The molecular formula is C14H23NO3S. The van der Waals surface area contributed by atoms with Crippen LogP contribution in [0.2, 0.25) is 0 Å². The van der Waals surface area contributed by atoms with Crippen molar-refractivity contribution in [2.24, 2.45) is 0 Å². The molecule has 0 amide bonds. The van der Waals surface area contributed by atoms with E-state index in [9.17, 15) is 8.42 Å². The van der Waals surface area contributed by atoms with E-state index in [0.29, 0.717) is 6.42 Å². The van der Waals surface area contributed by atoms with E-state index in [0.717, 1.165) is 12.1 Å². The van der Waals surface area contributed by atoms with Crippen molar-refractivity contribution in [3.8, 4) is 0 Å². The average Bonchev–Trinajstić information content (AvgIpc) is 2.37. The van der Waals surface area contributed by atoms with Gasteiger partial charge >= 0.3 is 0 Å². The van der Waals surface area contributed by atoms with Crippen LogP contribution in [0.3, 0.4) is 0 Å². The maximum Gasteiger partial charge on any atom is 0.147 e. The van der Waals surface area contributed by atoms with Crippen molar-refractivity contribution in [3.63, 3.8) is 0 Å². The Bertz CT molecular complexity index is 459. The minimum atomic E-state index is -2.96. The number of hydrogen-bond acceptors (Lipinski definition) is 4. The van der Waals surface area contributed by atoms with Gasteiger partial charge < -0.3 is 10.1 Å². The van der Waals surface area contributed by atoms with E-state index in [-0.39, 0.29) is 17.9 Å². The van der Waals surface area contributed by atoms with Crippen molar-refractivity contribution in [2.45, 2.75) is 25.5 Å². The predicted molar refractivity (Wildman–Crippen MR) is 78.0 cm³/mol. The fraction of sp³-hybridized carbons (Fsp3) is 0.571. The van der Waals surface area contributed by atoms with Crippen molar-refractivity contribution < 1.29 is 13.2 Å². The van der Waals surface area contributed by atoms with E-state index in [1.54, 1.807) is 7.11 Å². The van der Waals surface area contributed by atoms with E-state index in [2.05, 4.69) is 5.32 Å². The number of likely N-dealkylation sites (N-methyl/N-ethyl adjacent to an activating group) is 1. The van der Waals surface area contributed by atoms with Gasteiger partial charge in [0.1, 0.15) is 9.84 Å². The van der Waals surface area contributed by atoms with Gasteiger partial charge in [0.15, 0.2) is 0 Å². The molecule has 1 N–H and O–H groups in total. The van der Waals surface area contributed by atoms with Crippen molar-refractivity contribution >= 4 is 9.84 Å².